The fourth-order valence-electron chi connectivity index (χ4n) is 6.83. The molecule has 224 valence electrons. The molecule has 0 fully saturated rings. The van der Waals surface area contributed by atoms with Crippen molar-refractivity contribution in [3.63, 3.8) is 0 Å². The highest BCUT2D eigenvalue weighted by Crippen LogP contribution is 2.42. The average molecular weight is 606 g/mol. The first kappa shape index (κ1) is 27.3. The van der Waals surface area contributed by atoms with Crippen LogP contribution in [0, 0.1) is 0 Å². The highest BCUT2D eigenvalue weighted by Gasteiger charge is 2.29. The number of aliphatic imine (C=N–C) groups is 1. The van der Waals surface area contributed by atoms with Crippen LogP contribution in [0.25, 0.3) is 55.0 Å². The van der Waals surface area contributed by atoms with Crippen LogP contribution in [-0.2, 0) is 0 Å². The van der Waals surface area contributed by atoms with Crippen LogP contribution in [0.5, 0.6) is 0 Å². The molecule has 0 amide bonds. The van der Waals surface area contributed by atoms with Gasteiger partial charge in [0, 0.05) is 27.5 Å². The van der Waals surface area contributed by atoms with Crippen LogP contribution in [-0.4, -0.2) is 5.84 Å². The number of hydrogen-bond acceptors (Lipinski definition) is 4. The van der Waals surface area contributed by atoms with Gasteiger partial charge in [0.25, 0.3) is 0 Å². The van der Waals surface area contributed by atoms with Crippen LogP contribution in [0.1, 0.15) is 29.0 Å². The Labute approximate surface area is 273 Å². The van der Waals surface area contributed by atoms with Crippen LogP contribution in [0.3, 0.4) is 0 Å². The van der Waals surface area contributed by atoms with Crippen molar-refractivity contribution in [1.29, 1.82) is 0 Å². The third-order valence-electron chi connectivity index (χ3n) is 9.14. The van der Waals surface area contributed by atoms with Gasteiger partial charge in [0.1, 0.15) is 29.3 Å². The van der Waals surface area contributed by atoms with Gasteiger partial charge in [-0.2, -0.15) is 0 Å². The largest absolute Gasteiger partial charge is 0.455 e. The van der Waals surface area contributed by atoms with Crippen molar-refractivity contribution in [3.8, 4) is 22.3 Å². The molecule has 1 aliphatic heterocycles. The quantitative estimate of drug-likeness (QED) is 0.205. The van der Waals surface area contributed by atoms with Crippen LogP contribution < -0.4 is 10.6 Å². The molecule has 0 saturated heterocycles. The van der Waals surface area contributed by atoms with Gasteiger partial charge in [-0.1, -0.05) is 146 Å². The summed E-state index contributed by atoms with van der Waals surface area (Å²) in [5, 5.41) is 12.2. The third-order valence-corrected chi connectivity index (χ3v) is 9.14. The first-order chi connectivity index (χ1) is 23.3. The number of fused-ring (bicyclic) bond motifs is 4. The zero-order chi connectivity index (χ0) is 31.2. The molecule has 2 heterocycles. The van der Waals surface area contributed by atoms with Crippen LogP contribution in [0.15, 0.2) is 173 Å². The van der Waals surface area contributed by atoms with E-state index in [0.29, 0.717) is 0 Å². The van der Waals surface area contributed by atoms with Crippen molar-refractivity contribution in [2.75, 3.05) is 0 Å². The van der Waals surface area contributed by atoms with E-state index in [0.717, 1.165) is 61.0 Å². The molecule has 0 radical (unpaired) electrons. The van der Waals surface area contributed by atoms with Gasteiger partial charge in [0.05, 0.1) is 0 Å². The molecule has 4 heteroatoms. The number of amidine groups is 1. The van der Waals surface area contributed by atoms with Gasteiger partial charge in [0.15, 0.2) is 0 Å². The molecule has 0 bridgehead atoms. The van der Waals surface area contributed by atoms with Gasteiger partial charge < -0.3 is 9.73 Å². The number of rotatable bonds is 5. The standard InChI is InChI=1S/C43H31N3O/c1-4-13-28(14-5-1)31-21-12-22-34(25-31)42-44-41(30-17-8-3-9-18-30)45-43(46-42)36-24-23-35(29-15-6-2-7-16-29)40-39(36)37-26-32-19-10-11-20-33(32)27-38(37)47-40/h1-27,42-43,46H,(H,44,45). The minimum absolute atomic E-state index is 0.243. The summed E-state index contributed by atoms with van der Waals surface area (Å²) < 4.78 is 6.78. The normalized spacial score (nSPS) is 16.3. The number of hydrogen-bond donors (Lipinski definition) is 2. The van der Waals surface area contributed by atoms with E-state index in [9.17, 15) is 0 Å². The van der Waals surface area contributed by atoms with Gasteiger partial charge in [-0.3, -0.25) is 5.32 Å². The first-order valence-electron chi connectivity index (χ1n) is 16.0. The Morgan fingerprint density at radius 2 is 1.17 bits per heavy atom. The van der Waals surface area contributed by atoms with E-state index in [4.69, 9.17) is 9.41 Å². The highest BCUT2D eigenvalue weighted by molar-refractivity contribution is 6.15. The summed E-state index contributed by atoms with van der Waals surface area (Å²) >= 11 is 0. The predicted octanol–water partition coefficient (Wildman–Crippen LogP) is 10.4. The van der Waals surface area contributed by atoms with Gasteiger partial charge in [-0.05, 0) is 51.2 Å². The molecular weight excluding hydrogens is 574 g/mol. The van der Waals surface area contributed by atoms with Crippen molar-refractivity contribution in [2.24, 2.45) is 4.99 Å². The van der Waals surface area contributed by atoms with E-state index in [1.807, 2.05) is 12.1 Å². The molecule has 0 saturated carbocycles. The molecule has 1 aliphatic rings. The topological polar surface area (TPSA) is 49.6 Å². The minimum Gasteiger partial charge on any atom is -0.455 e. The van der Waals surface area contributed by atoms with Crippen LogP contribution in [0.4, 0.5) is 0 Å². The average Bonchev–Trinajstić information content (AvgIpc) is 3.52. The lowest BCUT2D eigenvalue weighted by Gasteiger charge is -2.32. The maximum Gasteiger partial charge on any atom is 0.143 e. The fraction of sp³-hybridized carbons (Fsp3) is 0.0465. The lowest BCUT2D eigenvalue weighted by Crippen LogP contribution is -2.45. The predicted molar refractivity (Wildman–Crippen MR) is 193 cm³/mol. The molecule has 2 N–H and O–H groups in total. The van der Waals surface area contributed by atoms with Gasteiger partial charge in [-0.25, -0.2) is 4.99 Å². The number of benzene rings is 7. The molecule has 1 aromatic heterocycles. The summed E-state index contributed by atoms with van der Waals surface area (Å²) in [6.45, 7) is 0. The zero-order valence-electron chi connectivity index (χ0n) is 25.6. The second-order valence-corrected chi connectivity index (χ2v) is 12.1. The van der Waals surface area contributed by atoms with Crippen LogP contribution >= 0.6 is 0 Å². The van der Waals surface area contributed by atoms with Crippen LogP contribution in [0.2, 0.25) is 0 Å². The summed E-state index contributed by atoms with van der Waals surface area (Å²) in [4.78, 5) is 5.24. The van der Waals surface area contributed by atoms with Gasteiger partial charge in [-0.15, -0.1) is 0 Å². The van der Waals surface area contributed by atoms with Gasteiger partial charge >= 0.3 is 0 Å². The third kappa shape index (κ3) is 4.96. The van der Waals surface area contributed by atoms with Gasteiger partial charge in [0.2, 0.25) is 0 Å². The molecule has 0 aliphatic carbocycles. The molecular formula is C43H31N3O. The Bertz CT molecular complexity index is 2410. The Morgan fingerprint density at radius 3 is 1.91 bits per heavy atom. The lowest BCUT2D eigenvalue weighted by atomic mass is 9.95. The fourth-order valence-corrected chi connectivity index (χ4v) is 6.83. The van der Waals surface area contributed by atoms with E-state index in [1.54, 1.807) is 0 Å². The first-order valence-corrected chi connectivity index (χ1v) is 16.0. The maximum absolute atomic E-state index is 6.78. The number of furan rings is 1. The van der Waals surface area contributed by atoms with E-state index < -0.39 is 0 Å². The molecule has 4 nitrogen and oxygen atoms in total. The second kappa shape index (κ2) is 11.4. The Morgan fingerprint density at radius 1 is 0.532 bits per heavy atom. The monoisotopic (exact) mass is 605 g/mol. The molecule has 2 unspecified atom stereocenters. The number of nitrogens with one attached hydrogen (secondary N) is 2. The van der Waals surface area contributed by atoms with Crippen molar-refractivity contribution in [3.05, 3.63) is 180 Å². The summed E-state index contributed by atoms with van der Waals surface area (Å²) in [5.41, 5.74) is 9.57. The Kier molecular flexibility index (Phi) is 6.65. The smallest absolute Gasteiger partial charge is 0.143 e. The summed E-state index contributed by atoms with van der Waals surface area (Å²) in [5.74, 6) is 0.850. The summed E-state index contributed by atoms with van der Waals surface area (Å²) in [7, 11) is 0. The van der Waals surface area contributed by atoms with E-state index >= 15 is 0 Å². The molecule has 9 rings (SSSR count). The molecule has 7 aromatic carbocycles. The minimum atomic E-state index is -0.275. The van der Waals surface area contributed by atoms with E-state index in [1.165, 1.54) is 16.5 Å². The maximum atomic E-state index is 6.78. The summed E-state index contributed by atoms with van der Waals surface area (Å²) in [6.07, 6.45) is -0.518. The second-order valence-electron chi connectivity index (χ2n) is 12.1. The molecule has 8 aromatic rings. The van der Waals surface area contributed by atoms with E-state index in [-0.39, 0.29) is 12.3 Å². The zero-order valence-corrected chi connectivity index (χ0v) is 25.6. The highest BCUT2D eigenvalue weighted by atomic mass is 16.3. The lowest BCUT2D eigenvalue weighted by molar-refractivity contribution is 0.411. The van der Waals surface area contributed by atoms with Crippen molar-refractivity contribution in [1.82, 2.24) is 10.6 Å². The Balaban J connectivity index is 1.23. The van der Waals surface area contributed by atoms with Crippen molar-refractivity contribution in [2.45, 2.75) is 12.3 Å². The van der Waals surface area contributed by atoms with Crippen molar-refractivity contribution >= 4 is 38.5 Å². The number of nitrogens with zero attached hydrogens (tertiary/aromatic N) is 1. The molecule has 2 atom stereocenters. The summed E-state index contributed by atoms with van der Waals surface area (Å²) in [6, 6.07) is 57.4. The Hall–Kier alpha value is -5.97. The molecule has 47 heavy (non-hydrogen) atoms. The van der Waals surface area contributed by atoms with Crippen molar-refractivity contribution < 1.29 is 4.42 Å². The van der Waals surface area contributed by atoms with E-state index in [2.05, 4.69) is 162 Å². The SMILES string of the molecule is c1ccc(C2=NC(c3cccc(-c4ccccc4)c3)NC(c3ccc(-c4ccccc4)c4oc5cc6ccccc6cc5c34)N2)cc1. The molecule has 0 spiro atoms.